The van der Waals surface area contributed by atoms with Crippen molar-refractivity contribution in [2.24, 2.45) is 0 Å². The quantitative estimate of drug-likeness (QED) is 0.677. The molecule has 25 heavy (non-hydrogen) atoms. The van der Waals surface area contributed by atoms with E-state index in [-0.39, 0.29) is 5.91 Å². The number of anilines is 1. The molecule has 0 spiro atoms. The van der Waals surface area contributed by atoms with Crippen molar-refractivity contribution in [3.8, 4) is 0 Å². The van der Waals surface area contributed by atoms with Gasteiger partial charge in [-0.1, -0.05) is 47.5 Å². The lowest BCUT2D eigenvalue weighted by molar-refractivity contribution is -0.113. The molecule has 0 saturated heterocycles. The highest BCUT2D eigenvalue weighted by Crippen LogP contribution is 2.33. The second kappa shape index (κ2) is 7.44. The number of nitrogens with one attached hydrogen (secondary N) is 3. The van der Waals surface area contributed by atoms with Gasteiger partial charge in [0.2, 0.25) is 0 Å². The molecule has 1 heterocycles. The Bertz CT molecular complexity index is 868. The lowest BCUT2D eigenvalue weighted by Crippen LogP contribution is -2.45. The fourth-order valence-electron chi connectivity index (χ4n) is 2.68. The minimum absolute atomic E-state index is 0.234. The molecule has 0 bridgehead atoms. The molecule has 0 fully saturated rings. The zero-order valence-corrected chi connectivity index (χ0v) is 15.6. The fourth-order valence-corrected chi connectivity index (χ4v) is 3.47. The van der Waals surface area contributed by atoms with Crippen molar-refractivity contribution in [2.45, 2.75) is 13.0 Å². The Morgan fingerprint density at radius 1 is 1.16 bits per heavy atom. The van der Waals surface area contributed by atoms with E-state index in [0.29, 0.717) is 32.1 Å². The predicted molar refractivity (Wildman–Crippen MR) is 106 cm³/mol. The van der Waals surface area contributed by atoms with Gasteiger partial charge in [-0.25, -0.2) is 0 Å². The molecule has 0 saturated carbocycles. The molecule has 2 aromatic rings. The van der Waals surface area contributed by atoms with Crippen LogP contribution in [-0.2, 0) is 4.79 Å². The van der Waals surface area contributed by atoms with Gasteiger partial charge in [0.15, 0.2) is 5.11 Å². The van der Waals surface area contributed by atoms with Crippen molar-refractivity contribution in [1.82, 2.24) is 10.6 Å². The maximum absolute atomic E-state index is 12.9. The number of hydrogen-bond donors (Lipinski definition) is 3. The van der Waals surface area contributed by atoms with E-state index < -0.39 is 6.04 Å². The Balaban J connectivity index is 1.99. The van der Waals surface area contributed by atoms with Crippen molar-refractivity contribution in [2.75, 3.05) is 5.32 Å². The van der Waals surface area contributed by atoms with Crippen LogP contribution in [0.1, 0.15) is 18.5 Å². The summed E-state index contributed by atoms with van der Waals surface area (Å²) in [7, 11) is 0. The Morgan fingerprint density at radius 2 is 1.88 bits per heavy atom. The summed E-state index contributed by atoms with van der Waals surface area (Å²) in [6.45, 7) is 1.81. The third-order valence-corrected chi connectivity index (χ3v) is 4.60. The van der Waals surface area contributed by atoms with Crippen LogP contribution in [0.15, 0.2) is 59.8 Å². The number of hydrogen-bond acceptors (Lipinski definition) is 2. The van der Waals surface area contributed by atoms with Crippen molar-refractivity contribution in [3.63, 3.8) is 0 Å². The summed E-state index contributed by atoms with van der Waals surface area (Å²) in [4.78, 5) is 12.9. The van der Waals surface area contributed by atoms with Crippen molar-refractivity contribution >= 4 is 52.1 Å². The van der Waals surface area contributed by atoms with E-state index >= 15 is 0 Å². The van der Waals surface area contributed by atoms with E-state index in [1.807, 2.05) is 37.3 Å². The first-order valence-electron chi connectivity index (χ1n) is 7.55. The highest BCUT2D eigenvalue weighted by Gasteiger charge is 2.31. The van der Waals surface area contributed by atoms with Crippen LogP contribution in [0.25, 0.3) is 0 Å². The molecular weight excluding hydrogens is 377 g/mol. The van der Waals surface area contributed by atoms with Crippen LogP contribution >= 0.6 is 35.4 Å². The van der Waals surface area contributed by atoms with Crippen LogP contribution in [0.2, 0.25) is 10.0 Å². The van der Waals surface area contributed by atoms with Gasteiger partial charge in [0.05, 0.1) is 11.6 Å². The topological polar surface area (TPSA) is 53.2 Å². The third kappa shape index (κ3) is 3.95. The molecule has 1 atom stereocenters. The molecule has 3 N–H and O–H groups in total. The summed E-state index contributed by atoms with van der Waals surface area (Å²) in [5.74, 6) is -0.234. The van der Waals surface area contributed by atoms with E-state index in [4.69, 9.17) is 35.4 Å². The lowest BCUT2D eigenvalue weighted by Gasteiger charge is -2.31. The number of carbonyl (C=O) groups is 1. The zero-order valence-electron chi connectivity index (χ0n) is 13.3. The number of amides is 1. The minimum Gasteiger partial charge on any atom is -0.351 e. The molecular formula is C18H15Cl2N3OS. The van der Waals surface area contributed by atoms with Gasteiger partial charge in [-0.15, -0.1) is 0 Å². The Kier molecular flexibility index (Phi) is 5.27. The van der Waals surface area contributed by atoms with E-state index in [9.17, 15) is 4.79 Å². The molecule has 1 aliphatic heterocycles. The SMILES string of the molecule is CC1=C(C(=O)Nc2ccccc2)C(c2ccc(Cl)cc2Cl)NC(=S)N1. The highest BCUT2D eigenvalue weighted by atomic mass is 35.5. The summed E-state index contributed by atoms with van der Waals surface area (Å²) in [5.41, 5.74) is 2.63. The minimum atomic E-state index is -0.470. The third-order valence-electron chi connectivity index (χ3n) is 3.82. The van der Waals surface area contributed by atoms with Gasteiger partial charge in [-0.2, -0.15) is 0 Å². The van der Waals surface area contributed by atoms with Crippen LogP contribution in [0.4, 0.5) is 5.69 Å². The van der Waals surface area contributed by atoms with Crippen LogP contribution < -0.4 is 16.0 Å². The second-order valence-corrected chi connectivity index (χ2v) is 6.81. The number of thiocarbonyl (C=S) groups is 1. The van der Waals surface area contributed by atoms with E-state index in [2.05, 4.69) is 16.0 Å². The first-order chi connectivity index (χ1) is 12.0. The Morgan fingerprint density at radius 3 is 2.56 bits per heavy atom. The van der Waals surface area contributed by atoms with Crippen LogP contribution in [0.3, 0.4) is 0 Å². The van der Waals surface area contributed by atoms with E-state index in [1.165, 1.54) is 0 Å². The highest BCUT2D eigenvalue weighted by molar-refractivity contribution is 7.80. The van der Waals surface area contributed by atoms with Gasteiger partial charge in [0.25, 0.3) is 5.91 Å². The molecule has 3 rings (SSSR count). The fraction of sp³-hybridized carbons (Fsp3) is 0.111. The normalized spacial score (nSPS) is 16.9. The number of carbonyl (C=O) groups excluding carboxylic acids is 1. The Hall–Kier alpha value is -2.08. The molecule has 1 aliphatic rings. The average Bonchev–Trinajstić information content (AvgIpc) is 2.54. The maximum atomic E-state index is 12.9. The molecule has 2 aromatic carbocycles. The first-order valence-corrected chi connectivity index (χ1v) is 8.72. The number of para-hydroxylation sites is 1. The maximum Gasteiger partial charge on any atom is 0.255 e. The molecule has 128 valence electrons. The standard InChI is InChI=1S/C18H15Cl2N3OS/c1-10-15(17(24)22-12-5-3-2-4-6-12)16(23-18(25)21-10)13-8-7-11(19)9-14(13)20/h2-9,16H,1H3,(H,22,24)(H2,21,23,25). The number of benzene rings is 2. The second-order valence-electron chi connectivity index (χ2n) is 5.56. The molecule has 7 heteroatoms. The molecule has 4 nitrogen and oxygen atoms in total. The largest absolute Gasteiger partial charge is 0.351 e. The molecule has 0 aliphatic carbocycles. The van der Waals surface area contributed by atoms with E-state index in [0.717, 1.165) is 5.56 Å². The summed E-state index contributed by atoms with van der Waals surface area (Å²) in [6.07, 6.45) is 0. The van der Waals surface area contributed by atoms with Gasteiger partial charge in [-0.3, -0.25) is 4.79 Å². The number of allylic oxidation sites excluding steroid dienone is 1. The summed E-state index contributed by atoms with van der Waals surface area (Å²) >= 11 is 17.6. The molecule has 1 amide bonds. The average molecular weight is 392 g/mol. The first kappa shape index (κ1) is 17.7. The summed E-state index contributed by atoms with van der Waals surface area (Å²) in [5, 5.41) is 10.4. The van der Waals surface area contributed by atoms with Crippen molar-refractivity contribution in [1.29, 1.82) is 0 Å². The zero-order chi connectivity index (χ0) is 18.0. The van der Waals surface area contributed by atoms with Gasteiger partial charge in [0, 0.05) is 21.4 Å². The summed E-state index contributed by atoms with van der Waals surface area (Å²) in [6, 6.07) is 14.0. The van der Waals surface area contributed by atoms with E-state index in [1.54, 1.807) is 18.2 Å². The molecule has 1 unspecified atom stereocenters. The lowest BCUT2D eigenvalue weighted by atomic mass is 9.95. The van der Waals surface area contributed by atoms with Gasteiger partial charge < -0.3 is 16.0 Å². The monoisotopic (exact) mass is 391 g/mol. The van der Waals surface area contributed by atoms with Gasteiger partial charge in [0.1, 0.15) is 0 Å². The van der Waals surface area contributed by atoms with Gasteiger partial charge >= 0.3 is 0 Å². The van der Waals surface area contributed by atoms with Crippen LogP contribution in [0, 0.1) is 0 Å². The number of halogens is 2. The van der Waals surface area contributed by atoms with Crippen LogP contribution in [0.5, 0.6) is 0 Å². The molecule has 0 aromatic heterocycles. The van der Waals surface area contributed by atoms with Gasteiger partial charge in [-0.05, 0) is 49.0 Å². The number of rotatable bonds is 3. The van der Waals surface area contributed by atoms with Crippen molar-refractivity contribution < 1.29 is 4.79 Å². The van der Waals surface area contributed by atoms with Crippen LogP contribution in [-0.4, -0.2) is 11.0 Å². The Labute approximate surface area is 161 Å². The predicted octanol–water partition coefficient (Wildman–Crippen LogP) is 4.42. The smallest absolute Gasteiger partial charge is 0.255 e. The summed E-state index contributed by atoms with van der Waals surface area (Å²) < 4.78 is 0. The molecule has 0 radical (unpaired) electrons. The van der Waals surface area contributed by atoms with Crippen molar-refractivity contribution in [3.05, 3.63) is 75.4 Å².